The number of nitrogens with one attached hydrogen (secondary N) is 1. The smallest absolute Gasteiger partial charge is 0.214 e. The molecule has 1 heterocycles. The van der Waals surface area contributed by atoms with Gasteiger partial charge >= 0.3 is 0 Å². The van der Waals surface area contributed by atoms with Gasteiger partial charge in [-0.3, -0.25) is 5.41 Å². The molecule has 4 heteroatoms. The summed E-state index contributed by atoms with van der Waals surface area (Å²) in [6, 6.07) is 3.56. The van der Waals surface area contributed by atoms with Crippen molar-refractivity contribution in [2.75, 3.05) is 0 Å². The quantitative estimate of drug-likeness (QED) is 0.637. The van der Waals surface area contributed by atoms with Crippen LogP contribution in [-0.2, 0) is 0 Å². The second-order valence-corrected chi connectivity index (χ2v) is 5.26. The van der Waals surface area contributed by atoms with Gasteiger partial charge in [-0.05, 0) is 38.2 Å². The molecule has 2 rings (SSSR count). The maximum absolute atomic E-state index is 7.47. The highest BCUT2D eigenvalue weighted by Crippen LogP contribution is 2.27. The van der Waals surface area contributed by atoms with Crippen molar-refractivity contribution in [2.45, 2.75) is 45.6 Å². The van der Waals surface area contributed by atoms with E-state index in [1.54, 1.807) is 12.1 Å². The molecule has 0 amide bonds. The molecule has 1 saturated carbocycles. The number of hydrogen-bond donors (Lipinski definition) is 2. The summed E-state index contributed by atoms with van der Waals surface area (Å²) in [5.74, 6) is 1.38. The Morgan fingerprint density at radius 2 is 2.22 bits per heavy atom. The lowest BCUT2D eigenvalue weighted by atomic mass is 9.89. The maximum Gasteiger partial charge on any atom is 0.214 e. The average Bonchev–Trinajstić information content (AvgIpc) is 2.28. The van der Waals surface area contributed by atoms with Gasteiger partial charge in [-0.15, -0.1) is 0 Å². The zero-order valence-electron chi connectivity index (χ0n) is 11.1. The van der Waals surface area contributed by atoms with Crippen LogP contribution in [0.25, 0.3) is 0 Å². The van der Waals surface area contributed by atoms with Crippen molar-refractivity contribution < 1.29 is 4.74 Å². The van der Waals surface area contributed by atoms with Crippen LogP contribution in [0.1, 0.15) is 43.9 Å². The Hall–Kier alpha value is -1.58. The standard InChI is InChI=1S/C14H21N3O/c1-9-4-3-5-12(6-9)18-13-8-11(14(15)16)7-10(2)17-13/h7-9,12H,3-6H2,1-2H3,(H3,15,16). The number of nitrogen functional groups attached to an aromatic ring is 1. The number of amidine groups is 1. The van der Waals surface area contributed by atoms with E-state index < -0.39 is 0 Å². The molecule has 1 fully saturated rings. The summed E-state index contributed by atoms with van der Waals surface area (Å²) in [4.78, 5) is 4.36. The molecule has 18 heavy (non-hydrogen) atoms. The molecule has 4 nitrogen and oxygen atoms in total. The van der Waals surface area contributed by atoms with Gasteiger partial charge in [0, 0.05) is 17.3 Å². The normalized spacial score (nSPS) is 23.7. The van der Waals surface area contributed by atoms with E-state index in [0.29, 0.717) is 11.4 Å². The Bertz CT molecular complexity index is 445. The highest BCUT2D eigenvalue weighted by Gasteiger charge is 2.20. The first-order chi connectivity index (χ1) is 8.54. The van der Waals surface area contributed by atoms with Crippen LogP contribution in [0.3, 0.4) is 0 Å². The minimum absolute atomic E-state index is 0.0577. The molecule has 0 aliphatic heterocycles. The van der Waals surface area contributed by atoms with Crippen LogP contribution < -0.4 is 10.5 Å². The minimum atomic E-state index is 0.0577. The number of rotatable bonds is 3. The van der Waals surface area contributed by atoms with Gasteiger partial charge in [-0.2, -0.15) is 0 Å². The molecular formula is C14H21N3O. The molecule has 0 bridgehead atoms. The number of aryl methyl sites for hydroxylation is 1. The van der Waals surface area contributed by atoms with Crippen molar-refractivity contribution in [3.63, 3.8) is 0 Å². The zero-order valence-corrected chi connectivity index (χ0v) is 11.1. The largest absolute Gasteiger partial charge is 0.474 e. The molecule has 1 aliphatic carbocycles. The number of nitrogens with zero attached hydrogens (tertiary/aromatic N) is 1. The molecule has 98 valence electrons. The fourth-order valence-corrected chi connectivity index (χ4v) is 2.51. The zero-order chi connectivity index (χ0) is 13.1. The second kappa shape index (κ2) is 5.38. The molecule has 1 aromatic heterocycles. The van der Waals surface area contributed by atoms with E-state index in [1.807, 2.05) is 6.92 Å². The SMILES string of the molecule is Cc1cc(C(=N)N)cc(OC2CCCC(C)C2)n1. The van der Waals surface area contributed by atoms with Gasteiger partial charge < -0.3 is 10.5 Å². The van der Waals surface area contributed by atoms with E-state index in [-0.39, 0.29) is 11.9 Å². The Kier molecular flexibility index (Phi) is 3.84. The molecule has 1 aromatic rings. The van der Waals surface area contributed by atoms with Gasteiger partial charge in [0.2, 0.25) is 5.88 Å². The van der Waals surface area contributed by atoms with Crippen LogP contribution in [0.5, 0.6) is 5.88 Å². The second-order valence-electron chi connectivity index (χ2n) is 5.26. The first kappa shape index (κ1) is 12.9. The van der Waals surface area contributed by atoms with E-state index in [9.17, 15) is 0 Å². The predicted octanol–water partition coefficient (Wildman–Crippen LogP) is 2.63. The summed E-state index contributed by atoms with van der Waals surface area (Å²) in [7, 11) is 0. The number of pyridine rings is 1. The van der Waals surface area contributed by atoms with Crippen LogP contribution in [0.15, 0.2) is 12.1 Å². The lowest BCUT2D eigenvalue weighted by Gasteiger charge is -2.27. The van der Waals surface area contributed by atoms with Gasteiger partial charge in [0.15, 0.2) is 0 Å². The monoisotopic (exact) mass is 247 g/mol. The van der Waals surface area contributed by atoms with Crippen LogP contribution in [0.4, 0.5) is 0 Å². The van der Waals surface area contributed by atoms with Gasteiger partial charge in [0.1, 0.15) is 11.9 Å². The highest BCUT2D eigenvalue weighted by molar-refractivity contribution is 5.95. The van der Waals surface area contributed by atoms with Crippen molar-refractivity contribution in [1.29, 1.82) is 5.41 Å². The number of ether oxygens (including phenoxy) is 1. The number of aromatic nitrogens is 1. The number of nitrogens with two attached hydrogens (primary N) is 1. The Balaban J connectivity index is 2.10. The third-order valence-corrected chi connectivity index (χ3v) is 3.42. The van der Waals surface area contributed by atoms with Gasteiger partial charge in [0.05, 0.1) is 0 Å². The Labute approximate surface area is 108 Å². The van der Waals surface area contributed by atoms with E-state index >= 15 is 0 Å². The van der Waals surface area contributed by atoms with E-state index in [1.165, 1.54) is 12.8 Å². The Morgan fingerprint density at radius 3 is 2.89 bits per heavy atom. The summed E-state index contributed by atoms with van der Waals surface area (Å²) in [6.07, 6.45) is 4.94. The fourth-order valence-electron chi connectivity index (χ4n) is 2.51. The fraction of sp³-hybridized carbons (Fsp3) is 0.571. The molecule has 0 aromatic carbocycles. The lowest BCUT2D eigenvalue weighted by molar-refractivity contribution is 0.124. The van der Waals surface area contributed by atoms with Crippen molar-refractivity contribution >= 4 is 5.84 Å². The molecule has 0 saturated heterocycles. The van der Waals surface area contributed by atoms with Crippen LogP contribution in [0.2, 0.25) is 0 Å². The molecule has 0 spiro atoms. The summed E-state index contributed by atoms with van der Waals surface area (Å²) in [5.41, 5.74) is 7.02. The van der Waals surface area contributed by atoms with Crippen molar-refractivity contribution in [3.8, 4) is 5.88 Å². The third-order valence-electron chi connectivity index (χ3n) is 3.42. The summed E-state index contributed by atoms with van der Waals surface area (Å²) < 4.78 is 5.93. The highest BCUT2D eigenvalue weighted by atomic mass is 16.5. The third kappa shape index (κ3) is 3.22. The van der Waals surface area contributed by atoms with Crippen LogP contribution >= 0.6 is 0 Å². The van der Waals surface area contributed by atoms with Crippen LogP contribution in [0, 0.1) is 18.3 Å². The first-order valence-corrected chi connectivity index (χ1v) is 6.54. The van der Waals surface area contributed by atoms with E-state index in [0.717, 1.165) is 24.5 Å². The van der Waals surface area contributed by atoms with Gasteiger partial charge in [-0.25, -0.2) is 4.98 Å². The first-order valence-electron chi connectivity index (χ1n) is 6.54. The summed E-state index contributed by atoms with van der Waals surface area (Å²) >= 11 is 0. The molecule has 2 atom stereocenters. The number of hydrogen-bond acceptors (Lipinski definition) is 3. The average molecular weight is 247 g/mol. The van der Waals surface area contributed by atoms with E-state index in [4.69, 9.17) is 15.9 Å². The Morgan fingerprint density at radius 1 is 1.44 bits per heavy atom. The topological polar surface area (TPSA) is 72.0 Å². The summed E-state index contributed by atoms with van der Waals surface area (Å²) in [6.45, 7) is 4.16. The van der Waals surface area contributed by atoms with Gasteiger partial charge in [0.25, 0.3) is 0 Å². The van der Waals surface area contributed by atoms with Crippen molar-refractivity contribution in [1.82, 2.24) is 4.98 Å². The molecule has 3 N–H and O–H groups in total. The summed E-state index contributed by atoms with van der Waals surface area (Å²) in [5, 5.41) is 7.47. The van der Waals surface area contributed by atoms with Crippen molar-refractivity contribution in [2.24, 2.45) is 11.7 Å². The van der Waals surface area contributed by atoms with Crippen LogP contribution in [-0.4, -0.2) is 16.9 Å². The minimum Gasteiger partial charge on any atom is -0.474 e. The molecule has 1 aliphatic rings. The molecule has 2 unspecified atom stereocenters. The van der Waals surface area contributed by atoms with Gasteiger partial charge in [-0.1, -0.05) is 13.3 Å². The maximum atomic E-state index is 7.47. The van der Waals surface area contributed by atoms with E-state index in [2.05, 4.69) is 11.9 Å². The predicted molar refractivity (Wildman–Crippen MR) is 72.0 cm³/mol. The molecular weight excluding hydrogens is 226 g/mol. The lowest BCUT2D eigenvalue weighted by Crippen LogP contribution is -2.24. The van der Waals surface area contributed by atoms with Crippen molar-refractivity contribution in [3.05, 3.63) is 23.4 Å². The molecule has 0 radical (unpaired) electrons.